The Hall–Kier alpha value is -3.15. The number of nitrogens with one attached hydrogen (secondary N) is 1. The molecule has 2 heterocycles. The summed E-state index contributed by atoms with van der Waals surface area (Å²) in [7, 11) is 1.67. The monoisotopic (exact) mass is 421 g/mol. The molecule has 2 aromatic rings. The third-order valence-electron chi connectivity index (χ3n) is 6.26. The number of hydrogen-bond acceptors (Lipinski definition) is 5. The number of rotatable bonds is 5. The van der Waals surface area contributed by atoms with Crippen molar-refractivity contribution in [2.24, 2.45) is 0 Å². The fraction of sp³-hybridized carbons (Fsp3) is 0.400. The van der Waals surface area contributed by atoms with Crippen molar-refractivity contribution in [3.05, 3.63) is 53.1 Å². The van der Waals surface area contributed by atoms with Crippen LogP contribution in [0.15, 0.2) is 42.0 Å². The van der Waals surface area contributed by atoms with E-state index in [9.17, 15) is 4.79 Å². The number of carbonyl (C=O) groups excluding carboxylic acids is 1. The zero-order valence-corrected chi connectivity index (χ0v) is 17.7. The van der Waals surface area contributed by atoms with Crippen LogP contribution < -0.4 is 24.3 Å². The number of ether oxygens (including phenoxy) is 4. The summed E-state index contributed by atoms with van der Waals surface area (Å²) in [6.07, 6.45) is 7.48. The number of benzene rings is 2. The highest BCUT2D eigenvalue weighted by molar-refractivity contribution is 5.98. The Balaban J connectivity index is 1.37. The summed E-state index contributed by atoms with van der Waals surface area (Å²) >= 11 is 0. The quantitative estimate of drug-likeness (QED) is 0.724. The Bertz CT molecular complexity index is 1010. The third-order valence-corrected chi connectivity index (χ3v) is 6.26. The first-order valence-corrected chi connectivity index (χ1v) is 10.9. The van der Waals surface area contributed by atoms with Gasteiger partial charge in [-0.25, -0.2) is 0 Å². The van der Waals surface area contributed by atoms with Gasteiger partial charge < -0.3 is 24.3 Å². The molecule has 31 heavy (non-hydrogen) atoms. The molecule has 2 aromatic carbocycles. The molecule has 1 atom stereocenters. The normalized spacial score (nSPS) is 21.9. The third kappa shape index (κ3) is 4.20. The molecule has 1 amide bonds. The number of piperidine rings is 1. The molecule has 1 saturated carbocycles. The maximum atomic E-state index is 12.5. The van der Waals surface area contributed by atoms with E-state index >= 15 is 0 Å². The summed E-state index contributed by atoms with van der Waals surface area (Å²) in [4.78, 5) is 12.5. The Morgan fingerprint density at radius 1 is 1.03 bits per heavy atom. The largest absolute Gasteiger partial charge is 0.493 e. The van der Waals surface area contributed by atoms with Crippen molar-refractivity contribution in [3.63, 3.8) is 0 Å². The summed E-state index contributed by atoms with van der Waals surface area (Å²) in [6, 6.07) is 11.9. The van der Waals surface area contributed by atoms with Gasteiger partial charge in [0.05, 0.1) is 13.2 Å². The van der Waals surface area contributed by atoms with Crippen molar-refractivity contribution in [3.8, 4) is 23.0 Å². The lowest BCUT2D eigenvalue weighted by Gasteiger charge is -2.26. The van der Waals surface area contributed by atoms with Crippen LogP contribution in [-0.2, 0) is 4.79 Å². The Labute approximate surface area is 182 Å². The molecule has 2 aliphatic heterocycles. The van der Waals surface area contributed by atoms with Crippen LogP contribution in [0.4, 0.5) is 0 Å². The van der Waals surface area contributed by atoms with E-state index in [-0.39, 0.29) is 24.7 Å². The molecule has 1 N–H and O–H groups in total. The second kappa shape index (κ2) is 8.53. The summed E-state index contributed by atoms with van der Waals surface area (Å²) in [5, 5.41) is 3.04. The van der Waals surface area contributed by atoms with E-state index in [4.69, 9.17) is 18.9 Å². The SMILES string of the molecule is COc1ccc([C@H]2CNC(=O)/C(=C/c3ccc4c(c3)OCO4)C2)cc1OC1CCCC1. The number of fused-ring (bicyclic) bond motifs is 1. The standard InChI is InChI=1S/C25H27NO5/c1-28-21-9-7-17(13-24(21)31-20-4-2-3-5-20)19-12-18(25(27)26-14-19)10-16-6-8-22-23(11-16)30-15-29-22/h6-11,13,19-20H,2-5,12,14-15H2,1H3,(H,26,27)/b18-10+/t19-/m1/s1. The van der Waals surface area contributed by atoms with Crippen molar-refractivity contribution in [2.75, 3.05) is 20.4 Å². The van der Waals surface area contributed by atoms with Gasteiger partial charge >= 0.3 is 0 Å². The highest BCUT2D eigenvalue weighted by Gasteiger charge is 2.26. The van der Waals surface area contributed by atoms with Crippen LogP contribution in [-0.4, -0.2) is 32.5 Å². The fourth-order valence-corrected chi connectivity index (χ4v) is 4.55. The molecule has 2 fully saturated rings. The van der Waals surface area contributed by atoms with Gasteiger partial charge in [-0.15, -0.1) is 0 Å². The molecule has 0 unspecified atom stereocenters. The van der Waals surface area contributed by atoms with Gasteiger partial charge in [-0.2, -0.15) is 0 Å². The van der Waals surface area contributed by atoms with Gasteiger partial charge in [-0.05, 0) is 73.6 Å². The molecule has 0 aromatic heterocycles. The second-order valence-corrected chi connectivity index (χ2v) is 8.33. The first-order chi connectivity index (χ1) is 15.2. The van der Waals surface area contributed by atoms with E-state index in [1.807, 2.05) is 30.3 Å². The minimum absolute atomic E-state index is 0.0233. The van der Waals surface area contributed by atoms with Crippen LogP contribution in [0.2, 0.25) is 0 Å². The maximum absolute atomic E-state index is 12.5. The molecule has 0 radical (unpaired) electrons. The van der Waals surface area contributed by atoms with E-state index in [1.165, 1.54) is 12.8 Å². The van der Waals surface area contributed by atoms with Gasteiger partial charge in [-0.1, -0.05) is 12.1 Å². The molecule has 6 heteroatoms. The molecular weight excluding hydrogens is 394 g/mol. The average Bonchev–Trinajstić information content (AvgIpc) is 3.47. The fourth-order valence-electron chi connectivity index (χ4n) is 4.55. The zero-order chi connectivity index (χ0) is 21.2. The van der Waals surface area contributed by atoms with Gasteiger partial charge in [0.2, 0.25) is 12.7 Å². The van der Waals surface area contributed by atoms with E-state index in [1.54, 1.807) is 7.11 Å². The van der Waals surface area contributed by atoms with Crippen LogP contribution in [0.5, 0.6) is 23.0 Å². The zero-order valence-electron chi connectivity index (χ0n) is 17.7. The van der Waals surface area contributed by atoms with Crippen molar-refractivity contribution >= 4 is 12.0 Å². The molecule has 162 valence electrons. The molecule has 1 aliphatic carbocycles. The van der Waals surface area contributed by atoms with Crippen LogP contribution in [0, 0.1) is 0 Å². The van der Waals surface area contributed by atoms with Crippen LogP contribution >= 0.6 is 0 Å². The molecule has 1 saturated heterocycles. The average molecular weight is 421 g/mol. The lowest BCUT2D eigenvalue weighted by Crippen LogP contribution is -2.35. The van der Waals surface area contributed by atoms with Gasteiger partial charge in [0.1, 0.15) is 0 Å². The molecule has 6 nitrogen and oxygen atoms in total. The van der Waals surface area contributed by atoms with Gasteiger partial charge in [0.25, 0.3) is 0 Å². The van der Waals surface area contributed by atoms with Crippen molar-refractivity contribution in [1.82, 2.24) is 5.32 Å². The highest BCUT2D eigenvalue weighted by atomic mass is 16.7. The maximum Gasteiger partial charge on any atom is 0.247 e. The number of hydrogen-bond donors (Lipinski definition) is 1. The minimum atomic E-state index is -0.0233. The summed E-state index contributed by atoms with van der Waals surface area (Å²) < 4.78 is 22.6. The van der Waals surface area contributed by atoms with Crippen LogP contribution in [0.3, 0.4) is 0 Å². The Kier molecular flexibility index (Phi) is 5.45. The van der Waals surface area contributed by atoms with E-state index < -0.39 is 0 Å². The predicted octanol–water partition coefficient (Wildman–Crippen LogP) is 4.43. The summed E-state index contributed by atoms with van der Waals surface area (Å²) in [6.45, 7) is 0.840. The number of carbonyl (C=O) groups is 1. The number of amides is 1. The van der Waals surface area contributed by atoms with Gasteiger partial charge in [0.15, 0.2) is 23.0 Å². The molecule has 5 rings (SSSR count). The van der Waals surface area contributed by atoms with Gasteiger partial charge in [0, 0.05) is 18.0 Å². The summed E-state index contributed by atoms with van der Waals surface area (Å²) in [5.74, 6) is 3.16. The van der Waals surface area contributed by atoms with Crippen molar-refractivity contribution in [2.45, 2.75) is 44.1 Å². The predicted molar refractivity (Wildman–Crippen MR) is 117 cm³/mol. The molecule has 0 bridgehead atoms. The minimum Gasteiger partial charge on any atom is -0.493 e. The van der Waals surface area contributed by atoms with Crippen molar-refractivity contribution < 1.29 is 23.7 Å². The highest BCUT2D eigenvalue weighted by Crippen LogP contribution is 2.37. The van der Waals surface area contributed by atoms with Crippen LogP contribution in [0.25, 0.3) is 6.08 Å². The first-order valence-electron chi connectivity index (χ1n) is 10.9. The van der Waals surface area contributed by atoms with E-state index in [0.29, 0.717) is 18.7 Å². The number of methoxy groups -OCH3 is 1. The smallest absolute Gasteiger partial charge is 0.247 e. The van der Waals surface area contributed by atoms with E-state index in [0.717, 1.165) is 46.8 Å². The second-order valence-electron chi connectivity index (χ2n) is 8.33. The topological polar surface area (TPSA) is 66.0 Å². The molecule has 0 spiro atoms. The Morgan fingerprint density at radius 3 is 2.71 bits per heavy atom. The van der Waals surface area contributed by atoms with E-state index in [2.05, 4.69) is 17.4 Å². The van der Waals surface area contributed by atoms with Crippen LogP contribution in [0.1, 0.15) is 49.1 Å². The van der Waals surface area contributed by atoms with Crippen molar-refractivity contribution in [1.29, 1.82) is 0 Å². The lowest BCUT2D eigenvalue weighted by molar-refractivity contribution is -0.118. The lowest BCUT2D eigenvalue weighted by atomic mass is 9.87. The molecule has 3 aliphatic rings. The van der Waals surface area contributed by atoms with Gasteiger partial charge in [-0.3, -0.25) is 4.79 Å². The summed E-state index contributed by atoms with van der Waals surface area (Å²) in [5.41, 5.74) is 2.82. The molecular formula is C25H27NO5. The first kappa shape index (κ1) is 19.8. The Morgan fingerprint density at radius 2 is 1.87 bits per heavy atom.